The predicted octanol–water partition coefficient (Wildman–Crippen LogP) is 2.63. The van der Waals surface area contributed by atoms with E-state index in [1.54, 1.807) is 0 Å². The molecule has 0 saturated carbocycles. The third-order valence-electron chi connectivity index (χ3n) is 3.35. The summed E-state index contributed by atoms with van der Waals surface area (Å²) in [6, 6.07) is 3.96. The molecule has 0 aliphatic heterocycles. The molecule has 1 aromatic carbocycles. The zero-order chi connectivity index (χ0) is 13.8. The van der Waals surface area contributed by atoms with Crippen molar-refractivity contribution in [2.45, 2.75) is 39.7 Å². The van der Waals surface area contributed by atoms with Crippen LogP contribution in [0.5, 0.6) is 0 Å². The van der Waals surface area contributed by atoms with Gasteiger partial charge in [0.1, 0.15) is 0 Å². The zero-order valence-electron chi connectivity index (χ0n) is 11.4. The van der Waals surface area contributed by atoms with Crippen LogP contribution in [-0.4, -0.2) is 20.8 Å². The first-order valence-corrected chi connectivity index (χ1v) is 6.61. The Morgan fingerprint density at radius 1 is 1.42 bits per heavy atom. The van der Waals surface area contributed by atoms with Crippen molar-refractivity contribution in [3.8, 4) is 0 Å². The molecule has 3 N–H and O–H groups in total. The highest BCUT2D eigenvalue weighted by Crippen LogP contribution is 2.20. The first kappa shape index (κ1) is 13.4. The van der Waals surface area contributed by atoms with Crippen molar-refractivity contribution in [3.63, 3.8) is 0 Å². The normalized spacial score (nSPS) is 12.2. The Morgan fingerprint density at radius 2 is 2.21 bits per heavy atom. The quantitative estimate of drug-likeness (QED) is 0.285. The van der Waals surface area contributed by atoms with Crippen LogP contribution in [-0.2, 0) is 6.54 Å². The second kappa shape index (κ2) is 5.73. The maximum atomic E-state index is 8.78. The second-order valence-corrected chi connectivity index (χ2v) is 4.79. The Morgan fingerprint density at radius 3 is 2.89 bits per heavy atom. The van der Waals surface area contributed by atoms with E-state index in [1.165, 1.54) is 12.8 Å². The molecule has 102 valence electrons. The fourth-order valence-corrected chi connectivity index (χ4v) is 2.25. The molecule has 1 aromatic heterocycles. The van der Waals surface area contributed by atoms with Gasteiger partial charge in [-0.2, -0.15) is 5.10 Å². The number of nitrogens with two attached hydrogens (primary N) is 1. The number of benzene rings is 1. The summed E-state index contributed by atoms with van der Waals surface area (Å²) >= 11 is 0. The summed E-state index contributed by atoms with van der Waals surface area (Å²) in [6.07, 6.45) is 5.37. The Balaban J connectivity index is 2.37. The van der Waals surface area contributed by atoms with E-state index in [0.29, 0.717) is 0 Å². The van der Waals surface area contributed by atoms with Gasteiger partial charge in [0.05, 0.1) is 11.7 Å². The van der Waals surface area contributed by atoms with E-state index in [0.717, 1.165) is 35.0 Å². The molecule has 0 radical (unpaired) electrons. The number of hydrogen-bond acceptors (Lipinski definition) is 3. The van der Waals surface area contributed by atoms with Crippen molar-refractivity contribution in [1.82, 2.24) is 9.78 Å². The molecule has 0 aliphatic rings. The van der Waals surface area contributed by atoms with E-state index < -0.39 is 0 Å². The van der Waals surface area contributed by atoms with Gasteiger partial charge in [-0.25, -0.2) is 0 Å². The average Bonchev–Trinajstić information content (AvgIpc) is 2.80. The Labute approximate surface area is 112 Å². The number of unbranched alkanes of at least 4 members (excludes halogenated alkanes) is 2. The third kappa shape index (κ3) is 2.70. The molecule has 0 fully saturated rings. The summed E-state index contributed by atoms with van der Waals surface area (Å²) in [7, 11) is 0. The molecule has 19 heavy (non-hydrogen) atoms. The molecule has 5 nitrogen and oxygen atoms in total. The van der Waals surface area contributed by atoms with Crippen LogP contribution in [0.2, 0.25) is 0 Å². The lowest BCUT2D eigenvalue weighted by Gasteiger charge is -2.07. The number of aryl methyl sites for hydroxylation is 2. The fourth-order valence-electron chi connectivity index (χ4n) is 2.25. The van der Waals surface area contributed by atoms with Crippen LogP contribution < -0.4 is 5.73 Å². The van der Waals surface area contributed by atoms with Crippen molar-refractivity contribution in [2.24, 2.45) is 10.9 Å². The number of amidine groups is 1. The van der Waals surface area contributed by atoms with Gasteiger partial charge in [0.25, 0.3) is 0 Å². The topological polar surface area (TPSA) is 76.4 Å². The first-order valence-electron chi connectivity index (χ1n) is 6.61. The molecule has 0 bridgehead atoms. The van der Waals surface area contributed by atoms with E-state index in [1.807, 2.05) is 29.9 Å². The van der Waals surface area contributed by atoms with Gasteiger partial charge in [0.2, 0.25) is 0 Å². The van der Waals surface area contributed by atoms with Crippen LogP contribution in [0.1, 0.15) is 37.3 Å². The van der Waals surface area contributed by atoms with E-state index in [2.05, 4.69) is 17.2 Å². The molecule has 0 saturated heterocycles. The highest BCUT2D eigenvalue weighted by atomic mass is 16.4. The van der Waals surface area contributed by atoms with Crippen LogP contribution in [0, 0.1) is 6.92 Å². The molecule has 0 amide bonds. The van der Waals surface area contributed by atoms with Crippen molar-refractivity contribution in [2.75, 3.05) is 0 Å². The largest absolute Gasteiger partial charge is 0.409 e. The molecule has 1 heterocycles. The number of fused-ring (bicyclic) bond motifs is 1. The smallest absolute Gasteiger partial charge is 0.170 e. The summed E-state index contributed by atoms with van der Waals surface area (Å²) in [5.74, 6) is 0.137. The number of rotatable bonds is 5. The van der Waals surface area contributed by atoms with Gasteiger partial charge < -0.3 is 10.9 Å². The number of aromatic nitrogens is 2. The minimum Gasteiger partial charge on any atom is -0.409 e. The van der Waals surface area contributed by atoms with Gasteiger partial charge >= 0.3 is 0 Å². The Kier molecular flexibility index (Phi) is 4.04. The highest BCUT2D eigenvalue weighted by Gasteiger charge is 2.09. The summed E-state index contributed by atoms with van der Waals surface area (Å²) in [6.45, 7) is 5.07. The molecule has 5 heteroatoms. The Bertz CT molecular complexity index is 601. The summed E-state index contributed by atoms with van der Waals surface area (Å²) in [5.41, 5.74) is 8.50. The van der Waals surface area contributed by atoms with Gasteiger partial charge in [-0.1, -0.05) is 24.9 Å². The third-order valence-corrected chi connectivity index (χ3v) is 3.35. The van der Waals surface area contributed by atoms with Gasteiger partial charge in [-0.3, -0.25) is 4.68 Å². The van der Waals surface area contributed by atoms with Crippen molar-refractivity contribution in [3.05, 3.63) is 29.5 Å². The molecular weight excluding hydrogens is 240 g/mol. The van der Waals surface area contributed by atoms with Gasteiger partial charge in [0.15, 0.2) is 5.84 Å². The van der Waals surface area contributed by atoms with Crippen LogP contribution in [0.25, 0.3) is 10.9 Å². The SMILES string of the molecule is CCCCCn1ncc2cc(C(N)=NO)c(C)cc21. The lowest BCUT2D eigenvalue weighted by atomic mass is 10.1. The van der Waals surface area contributed by atoms with E-state index in [-0.39, 0.29) is 5.84 Å². The van der Waals surface area contributed by atoms with Gasteiger partial charge in [-0.15, -0.1) is 0 Å². The van der Waals surface area contributed by atoms with Crippen LogP contribution in [0.3, 0.4) is 0 Å². The zero-order valence-corrected chi connectivity index (χ0v) is 11.4. The Hall–Kier alpha value is -2.04. The monoisotopic (exact) mass is 260 g/mol. The van der Waals surface area contributed by atoms with Crippen molar-refractivity contribution >= 4 is 16.7 Å². The molecule has 0 atom stereocenters. The molecule has 0 unspecified atom stereocenters. The second-order valence-electron chi connectivity index (χ2n) is 4.79. The van der Waals surface area contributed by atoms with Crippen molar-refractivity contribution < 1.29 is 5.21 Å². The summed E-state index contributed by atoms with van der Waals surface area (Å²) < 4.78 is 2.02. The molecule has 0 aliphatic carbocycles. The van der Waals surface area contributed by atoms with Gasteiger partial charge in [0, 0.05) is 17.5 Å². The highest BCUT2D eigenvalue weighted by molar-refractivity contribution is 6.01. The molecule has 2 aromatic rings. The standard InChI is InChI=1S/C14H20N4O/c1-3-4-5-6-18-13-7-10(2)12(14(15)17-19)8-11(13)9-16-18/h7-9,19H,3-6H2,1-2H3,(H2,15,17). The molecular formula is C14H20N4O. The lowest BCUT2D eigenvalue weighted by molar-refractivity contribution is 0.318. The number of nitrogens with zero attached hydrogens (tertiary/aromatic N) is 3. The van der Waals surface area contributed by atoms with Crippen LogP contribution in [0.4, 0.5) is 0 Å². The van der Waals surface area contributed by atoms with Crippen LogP contribution in [0.15, 0.2) is 23.5 Å². The van der Waals surface area contributed by atoms with Crippen LogP contribution >= 0.6 is 0 Å². The minimum atomic E-state index is 0.137. The average molecular weight is 260 g/mol. The number of hydrogen-bond donors (Lipinski definition) is 2. The molecule has 0 spiro atoms. The van der Waals surface area contributed by atoms with E-state index in [9.17, 15) is 0 Å². The molecule has 2 rings (SSSR count). The van der Waals surface area contributed by atoms with E-state index >= 15 is 0 Å². The van der Waals surface area contributed by atoms with Crippen molar-refractivity contribution in [1.29, 1.82) is 0 Å². The summed E-state index contributed by atoms with van der Waals surface area (Å²) in [5, 5.41) is 17.3. The fraction of sp³-hybridized carbons (Fsp3) is 0.429. The van der Waals surface area contributed by atoms with Gasteiger partial charge in [-0.05, 0) is 31.0 Å². The van der Waals surface area contributed by atoms with E-state index in [4.69, 9.17) is 10.9 Å². The maximum Gasteiger partial charge on any atom is 0.170 e. The maximum absolute atomic E-state index is 8.78. The number of oxime groups is 1. The lowest BCUT2D eigenvalue weighted by Crippen LogP contribution is -2.14. The minimum absolute atomic E-state index is 0.137. The summed E-state index contributed by atoms with van der Waals surface area (Å²) in [4.78, 5) is 0. The predicted molar refractivity (Wildman–Crippen MR) is 76.5 cm³/mol. The first-order chi connectivity index (χ1) is 9.17.